The van der Waals surface area contributed by atoms with Crippen molar-refractivity contribution in [3.8, 4) is 22.0 Å². The molecule has 5 rings (SSSR count). The molecule has 3 heterocycles. The minimum absolute atomic E-state index is 0.0968. The number of aromatic nitrogens is 4. The van der Waals surface area contributed by atoms with E-state index >= 15 is 4.39 Å². The Balaban J connectivity index is 1.71. The van der Waals surface area contributed by atoms with Gasteiger partial charge in [-0.3, -0.25) is 4.40 Å². The Hall–Kier alpha value is -2.92. The third-order valence-electron chi connectivity index (χ3n) is 6.87. The van der Waals surface area contributed by atoms with Crippen molar-refractivity contribution in [3.05, 3.63) is 47.0 Å². The van der Waals surface area contributed by atoms with E-state index in [1.54, 1.807) is 26.0 Å². The molecule has 10 nitrogen and oxygen atoms in total. The molecule has 0 unspecified atom stereocenters. The van der Waals surface area contributed by atoms with Crippen molar-refractivity contribution in [1.82, 2.24) is 29.2 Å². The van der Waals surface area contributed by atoms with E-state index < -0.39 is 42.7 Å². The molecular weight excluding hydrogens is 600 g/mol. The van der Waals surface area contributed by atoms with E-state index in [9.17, 15) is 21.4 Å². The van der Waals surface area contributed by atoms with Gasteiger partial charge in [-0.2, -0.15) is 9.37 Å². The van der Waals surface area contributed by atoms with Gasteiger partial charge in [0, 0.05) is 34.5 Å². The van der Waals surface area contributed by atoms with E-state index in [2.05, 4.69) is 19.9 Å². The van der Waals surface area contributed by atoms with Crippen molar-refractivity contribution in [2.75, 3.05) is 26.4 Å². The molecule has 0 radical (unpaired) electrons. The number of pyridine rings is 1. The molecule has 0 aliphatic heterocycles. The zero-order valence-electron chi connectivity index (χ0n) is 22.6. The van der Waals surface area contributed by atoms with Crippen LogP contribution in [0.15, 0.2) is 40.3 Å². The first kappa shape index (κ1) is 29.6. The fraction of sp³-hybridized carbons (Fsp3) is 0.400. The summed E-state index contributed by atoms with van der Waals surface area (Å²) in [6, 6.07) is 6.00. The number of aryl methyl sites for hydroxylation is 1. The Kier molecular flexibility index (Phi) is 7.51. The average Bonchev–Trinajstić information content (AvgIpc) is 3.26. The molecule has 41 heavy (non-hydrogen) atoms. The van der Waals surface area contributed by atoms with Gasteiger partial charge < -0.3 is 4.90 Å². The van der Waals surface area contributed by atoms with Crippen LogP contribution in [-0.2, 0) is 19.8 Å². The first-order valence-corrected chi connectivity index (χ1v) is 16.5. The lowest BCUT2D eigenvalue weighted by molar-refractivity contribution is 0.150. The Morgan fingerprint density at radius 1 is 1.15 bits per heavy atom. The van der Waals surface area contributed by atoms with E-state index in [0.717, 1.165) is 0 Å². The SMILES string of the molecule is Cc1cc([S@@](=N)(=O)CCN(C)C)ccc1-c1cc(S(=O)(=O)NC2(C)CC2)cn2c(-c3nnc(C(F)F)s3)nc(F)c12. The topological polar surface area (TPSA) is 133 Å². The maximum absolute atomic E-state index is 15.5. The van der Waals surface area contributed by atoms with Gasteiger partial charge in [-0.15, -0.1) is 10.2 Å². The fourth-order valence-electron chi connectivity index (χ4n) is 4.31. The summed E-state index contributed by atoms with van der Waals surface area (Å²) < 4.78 is 94.2. The number of imidazole rings is 1. The van der Waals surface area contributed by atoms with E-state index in [0.29, 0.717) is 46.7 Å². The lowest BCUT2D eigenvalue weighted by atomic mass is 10.0. The summed E-state index contributed by atoms with van der Waals surface area (Å²) in [7, 11) is -3.58. The molecule has 3 aromatic heterocycles. The van der Waals surface area contributed by atoms with Crippen LogP contribution in [0.2, 0.25) is 0 Å². The summed E-state index contributed by atoms with van der Waals surface area (Å²) >= 11 is 0.528. The van der Waals surface area contributed by atoms with Crippen molar-refractivity contribution in [3.63, 3.8) is 0 Å². The second-order valence-corrected chi connectivity index (χ2v) is 15.5. The van der Waals surface area contributed by atoms with Gasteiger partial charge in [-0.25, -0.2) is 30.9 Å². The standard InChI is InChI=1S/C25H28F3N7O3S3/c1-14-11-15(40(29,36)10-9-34(3)4)5-6-17(14)18-12-16(41(37,38)33-25(2)7-8-25)13-35-19(18)21(28)30-22(35)24-32-31-23(39-24)20(26)27/h5-6,11-13,20,29,33H,7-10H2,1-4H3/t40-/m0/s1. The molecule has 16 heteroatoms. The normalized spacial score (nSPS) is 16.5. The maximum Gasteiger partial charge on any atom is 0.291 e. The van der Waals surface area contributed by atoms with Gasteiger partial charge in [0.1, 0.15) is 5.52 Å². The van der Waals surface area contributed by atoms with E-state index in [4.69, 9.17) is 4.78 Å². The summed E-state index contributed by atoms with van der Waals surface area (Å²) in [5.41, 5.74) is 0.426. The Morgan fingerprint density at radius 2 is 1.85 bits per heavy atom. The number of hydrogen-bond acceptors (Lipinski definition) is 9. The molecule has 1 aliphatic rings. The van der Waals surface area contributed by atoms with Gasteiger partial charge in [0.15, 0.2) is 15.8 Å². The summed E-state index contributed by atoms with van der Waals surface area (Å²) in [4.78, 5) is 5.86. The number of alkyl halides is 2. The number of halogens is 3. The first-order chi connectivity index (χ1) is 19.1. The number of hydrogen-bond donors (Lipinski definition) is 2. The van der Waals surface area contributed by atoms with Gasteiger partial charge in [0.05, 0.1) is 14.6 Å². The highest BCUT2D eigenvalue weighted by molar-refractivity contribution is 7.92. The molecule has 0 amide bonds. The van der Waals surface area contributed by atoms with Crippen molar-refractivity contribution >= 4 is 36.6 Å². The van der Waals surface area contributed by atoms with Crippen LogP contribution in [0.3, 0.4) is 0 Å². The van der Waals surface area contributed by atoms with E-state index in [-0.39, 0.29) is 32.6 Å². The molecule has 1 saturated carbocycles. The van der Waals surface area contributed by atoms with Crippen molar-refractivity contribution < 1.29 is 25.8 Å². The molecule has 220 valence electrons. The van der Waals surface area contributed by atoms with Crippen LogP contribution >= 0.6 is 11.3 Å². The lowest BCUT2D eigenvalue weighted by Gasteiger charge is -2.17. The second-order valence-electron chi connectivity index (χ2n) is 10.6. The molecule has 1 fully saturated rings. The van der Waals surface area contributed by atoms with Crippen LogP contribution in [0.1, 0.15) is 36.8 Å². The van der Waals surface area contributed by atoms with Crippen LogP contribution in [0.5, 0.6) is 0 Å². The zero-order valence-corrected chi connectivity index (χ0v) is 25.1. The highest BCUT2D eigenvalue weighted by Crippen LogP contribution is 2.39. The average molecular weight is 628 g/mol. The number of sulfonamides is 1. The van der Waals surface area contributed by atoms with Gasteiger partial charge >= 0.3 is 0 Å². The van der Waals surface area contributed by atoms with Crippen LogP contribution < -0.4 is 4.72 Å². The quantitative estimate of drug-likeness (QED) is 0.260. The van der Waals surface area contributed by atoms with Crippen LogP contribution in [0.25, 0.3) is 27.5 Å². The molecule has 0 spiro atoms. The highest BCUT2D eigenvalue weighted by atomic mass is 32.2. The third kappa shape index (κ3) is 5.88. The van der Waals surface area contributed by atoms with Gasteiger partial charge in [0.25, 0.3) is 6.43 Å². The Labute approximate surface area is 239 Å². The monoisotopic (exact) mass is 627 g/mol. The molecular formula is C25H28F3N7O3S3. The highest BCUT2D eigenvalue weighted by Gasteiger charge is 2.41. The zero-order chi connectivity index (χ0) is 29.9. The summed E-state index contributed by atoms with van der Waals surface area (Å²) in [6.07, 6.45) is -0.384. The molecule has 1 aromatic carbocycles. The Bertz CT molecular complexity index is 1870. The number of fused-ring (bicyclic) bond motifs is 1. The maximum atomic E-state index is 15.5. The van der Waals surface area contributed by atoms with Crippen LogP contribution in [0.4, 0.5) is 13.2 Å². The predicted octanol–water partition coefficient (Wildman–Crippen LogP) is 4.70. The number of rotatable bonds is 10. The minimum Gasteiger partial charge on any atom is -0.308 e. The lowest BCUT2D eigenvalue weighted by Crippen LogP contribution is -2.34. The second kappa shape index (κ2) is 10.4. The smallest absolute Gasteiger partial charge is 0.291 e. The van der Waals surface area contributed by atoms with Gasteiger partial charge in [-0.05, 0) is 70.1 Å². The van der Waals surface area contributed by atoms with Crippen molar-refractivity contribution in [2.45, 2.75) is 48.4 Å². The number of nitrogens with zero attached hydrogens (tertiary/aromatic N) is 5. The first-order valence-electron chi connectivity index (χ1n) is 12.5. The van der Waals surface area contributed by atoms with Crippen molar-refractivity contribution in [2.24, 2.45) is 0 Å². The summed E-state index contributed by atoms with van der Waals surface area (Å²) in [5, 5.41) is 6.50. The predicted molar refractivity (Wildman–Crippen MR) is 150 cm³/mol. The molecule has 1 aliphatic carbocycles. The fourth-order valence-corrected chi connectivity index (χ4v) is 8.00. The number of benzene rings is 1. The van der Waals surface area contributed by atoms with Gasteiger partial charge in [-0.1, -0.05) is 17.4 Å². The molecule has 4 aromatic rings. The minimum atomic E-state index is -4.09. The summed E-state index contributed by atoms with van der Waals surface area (Å²) in [6.45, 7) is 3.91. The van der Waals surface area contributed by atoms with Crippen LogP contribution in [0, 0.1) is 17.7 Å². The molecule has 0 saturated heterocycles. The molecule has 2 N–H and O–H groups in total. The molecule has 1 atom stereocenters. The molecule has 0 bridgehead atoms. The third-order valence-corrected chi connectivity index (χ3v) is 11.2. The Morgan fingerprint density at radius 3 is 2.44 bits per heavy atom. The van der Waals surface area contributed by atoms with Crippen LogP contribution in [-0.4, -0.2) is 69.0 Å². The van der Waals surface area contributed by atoms with Crippen molar-refractivity contribution in [1.29, 1.82) is 4.78 Å². The van der Waals surface area contributed by atoms with E-state index in [1.165, 1.54) is 22.7 Å². The largest absolute Gasteiger partial charge is 0.308 e. The van der Waals surface area contributed by atoms with Gasteiger partial charge in [0.2, 0.25) is 16.0 Å². The van der Waals surface area contributed by atoms with E-state index in [1.807, 2.05) is 19.0 Å². The summed E-state index contributed by atoms with van der Waals surface area (Å²) in [5.74, 6) is -1.02. The number of nitrogens with one attached hydrogen (secondary N) is 2.